The molecule has 0 aromatic heterocycles. The van der Waals surface area contributed by atoms with Gasteiger partial charge < -0.3 is 0 Å². The lowest BCUT2D eigenvalue weighted by atomic mass is 9.97. The maximum absolute atomic E-state index is 2.18. The largest absolute Gasteiger partial charge is 0.0841 e. The highest BCUT2D eigenvalue weighted by atomic mass is 14.1. The minimum atomic E-state index is 1.36. The van der Waals surface area contributed by atoms with Gasteiger partial charge in [-0.05, 0) is 58.3 Å². The van der Waals surface area contributed by atoms with E-state index in [1.807, 2.05) is 13.8 Å². The zero-order valence-electron chi connectivity index (χ0n) is 11.2. The number of rotatable bonds is 2. The van der Waals surface area contributed by atoms with Gasteiger partial charge in [0.05, 0.1) is 0 Å². The predicted molar refractivity (Wildman–Crippen MR) is 68.6 cm³/mol. The Labute approximate surface area is 90.4 Å². The van der Waals surface area contributed by atoms with Crippen LogP contribution in [-0.2, 0) is 0 Å². The molecular weight excluding hydrogens is 168 g/mol. The van der Waals surface area contributed by atoms with Crippen molar-refractivity contribution in [1.29, 1.82) is 0 Å². The van der Waals surface area contributed by atoms with Gasteiger partial charge in [-0.15, -0.1) is 0 Å². The molecule has 0 bridgehead atoms. The summed E-state index contributed by atoms with van der Waals surface area (Å²) in [5.74, 6) is 0. The van der Waals surface area contributed by atoms with E-state index in [1.54, 1.807) is 0 Å². The molecule has 0 unspecified atom stereocenters. The van der Waals surface area contributed by atoms with E-state index in [4.69, 9.17) is 0 Å². The van der Waals surface area contributed by atoms with Gasteiger partial charge in [-0.1, -0.05) is 31.6 Å². The summed E-state index contributed by atoms with van der Waals surface area (Å²) in [4.78, 5) is 0. The molecule has 0 heteroatoms. The average molecular weight is 194 g/mol. The zero-order chi connectivity index (χ0) is 11.7. The SMILES string of the molecule is C/C=C(C)\C(=C/C)C(C)=C(C)C.CC. The van der Waals surface area contributed by atoms with E-state index in [-0.39, 0.29) is 0 Å². The minimum absolute atomic E-state index is 1.36. The summed E-state index contributed by atoms with van der Waals surface area (Å²) in [6.07, 6.45) is 4.33. The first-order chi connectivity index (χ1) is 6.54. The minimum Gasteiger partial charge on any atom is -0.0841 e. The molecule has 0 heterocycles. The molecule has 0 N–H and O–H groups in total. The van der Waals surface area contributed by atoms with E-state index in [0.29, 0.717) is 0 Å². The van der Waals surface area contributed by atoms with Crippen LogP contribution in [0.3, 0.4) is 0 Å². The van der Waals surface area contributed by atoms with Crippen molar-refractivity contribution in [1.82, 2.24) is 0 Å². The van der Waals surface area contributed by atoms with Crippen molar-refractivity contribution in [3.63, 3.8) is 0 Å². The fourth-order valence-corrected chi connectivity index (χ4v) is 1.16. The van der Waals surface area contributed by atoms with Crippen LogP contribution in [0, 0.1) is 0 Å². The summed E-state index contributed by atoms with van der Waals surface area (Å²) in [6, 6.07) is 0. The van der Waals surface area contributed by atoms with Crippen molar-refractivity contribution in [2.45, 2.75) is 55.4 Å². The second-order valence-corrected chi connectivity index (χ2v) is 3.30. The lowest BCUT2D eigenvalue weighted by Gasteiger charge is -2.09. The molecule has 0 amide bonds. The first kappa shape index (κ1) is 15.7. The Balaban J connectivity index is 0. The Bertz CT molecular complexity index is 233. The van der Waals surface area contributed by atoms with Crippen molar-refractivity contribution < 1.29 is 0 Å². The van der Waals surface area contributed by atoms with Crippen molar-refractivity contribution in [2.24, 2.45) is 0 Å². The number of hydrogen-bond acceptors (Lipinski definition) is 0. The molecule has 0 nitrogen and oxygen atoms in total. The second-order valence-electron chi connectivity index (χ2n) is 3.30. The lowest BCUT2D eigenvalue weighted by molar-refractivity contribution is 1.21. The van der Waals surface area contributed by atoms with Crippen molar-refractivity contribution in [3.05, 3.63) is 34.4 Å². The first-order valence-corrected chi connectivity index (χ1v) is 5.48. The Morgan fingerprint density at radius 1 is 0.786 bits per heavy atom. The third kappa shape index (κ3) is 5.06. The number of hydrogen-bond donors (Lipinski definition) is 0. The average Bonchev–Trinajstić information content (AvgIpc) is 2.21. The summed E-state index contributed by atoms with van der Waals surface area (Å²) in [5, 5.41) is 0. The normalized spacial score (nSPS) is 11.7. The van der Waals surface area contributed by atoms with Gasteiger partial charge in [0.25, 0.3) is 0 Å². The van der Waals surface area contributed by atoms with Crippen LogP contribution in [0.4, 0.5) is 0 Å². The molecule has 0 aromatic carbocycles. The van der Waals surface area contributed by atoms with Gasteiger partial charge >= 0.3 is 0 Å². The molecule has 0 atom stereocenters. The Hall–Kier alpha value is -0.780. The smallest absolute Gasteiger partial charge is 0.0245 e. The van der Waals surface area contributed by atoms with Crippen LogP contribution in [0.25, 0.3) is 0 Å². The van der Waals surface area contributed by atoms with Crippen LogP contribution < -0.4 is 0 Å². The van der Waals surface area contributed by atoms with E-state index < -0.39 is 0 Å². The van der Waals surface area contributed by atoms with Gasteiger partial charge in [-0.2, -0.15) is 0 Å². The Morgan fingerprint density at radius 3 is 1.43 bits per heavy atom. The predicted octanol–water partition coefficient (Wildman–Crippen LogP) is 5.28. The van der Waals surface area contributed by atoms with E-state index in [0.717, 1.165) is 0 Å². The molecule has 0 saturated heterocycles. The number of allylic oxidation sites excluding steroid dienone is 6. The zero-order valence-corrected chi connectivity index (χ0v) is 11.2. The lowest BCUT2D eigenvalue weighted by Crippen LogP contribution is -1.89. The highest BCUT2D eigenvalue weighted by Gasteiger charge is 2.01. The summed E-state index contributed by atoms with van der Waals surface area (Å²) >= 11 is 0. The van der Waals surface area contributed by atoms with Gasteiger partial charge in [0.15, 0.2) is 0 Å². The molecule has 0 aliphatic rings. The van der Waals surface area contributed by atoms with Gasteiger partial charge in [0.1, 0.15) is 0 Å². The third-order valence-corrected chi connectivity index (χ3v) is 2.30. The fraction of sp³-hybridized carbons (Fsp3) is 0.571. The molecule has 0 aliphatic heterocycles. The second kappa shape index (κ2) is 8.80. The molecule has 0 aromatic rings. The van der Waals surface area contributed by atoms with Gasteiger partial charge in [-0.25, -0.2) is 0 Å². The molecular formula is C14H26. The van der Waals surface area contributed by atoms with E-state index in [9.17, 15) is 0 Å². The fourth-order valence-electron chi connectivity index (χ4n) is 1.16. The molecule has 0 rings (SSSR count). The quantitative estimate of drug-likeness (QED) is 0.524. The van der Waals surface area contributed by atoms with Gasteiger partial charge in [0.2, 0.25) is 0 Å². The highest BCUT2D eigenvalue weighted by molar-refractivity contribution is 5.45. The topological polar surface area (TPSA) is 0 Å². The summed E-state index contributed by atoms with van der Waals surface area (Å²) in [5.41, 5.74) is 5.52. The summed E-state index contributed by atoms with van der Waals surface area (Å²) in [7, 11) is 0. The van der Waals surface area contributed by atoms with E-state index in [2.05, 4.69) is 53.7 Å². The van der Waals surface area contributed by atoms with Crippen LogP contribution >= 0.6 is 0 Å². The molecule has 0 spiro atoms. The van der Waals surface area contributed by atoms with Crippen molar-refractivity contribution in [3.8, 4) is 0 Å². The maximum Gasteiger partial charge on any atom is -0.0245 e. The standard InChI is InChI=1S/C12H20.C2H6/c1-7-10(5)12(8-2)11(6)9(3)4;1-2/h7-8H,1-6H3;1-2H3/b10-7-,12-8+;. The van der Waals surface area contributed by atoms with Crippen LogP contribution in [0.1, 0.15) is 55.4 Å². The monoisotopic (exact) mass is 194 g/mol. The van der Waals surface area contributed by atoms with Gasteiger partial charge in [-0.3, -0.25) is 0 Å². The highest BCUT2D eigenvalue weighted by Crippen LogP contribution is 2.21. The van der Waals surface area contributed by atoms with Crippen molar-refractivity contribution >= 4 is 0 Å². The van der Waals surface area contributed by atoms with Crippen LogP contribution in [-0.4, -0.2) is 0 Å². The molecule has 0 saturated carbocycles. The summed E-state index contributed by atoms with van der Waals surface area (Å²) < 4.78 is 0. The van der Waals surface area contributed by atoms with Crippen LogP contribution in [0.5, 0.6) is 0 Å². The van der Waals surface area contributed by atoms with Crippen LogP contribution in [0.15, 0.2) is 34.4 Å². The summed E-state index contributed by atoms with van der Waals surface area (Å²) in [6.45, 7) is 16.8. The Kier molecular flexibility index (Phi) is 9.86. The Morgan fingerprint density at radius 2 is 1.21 bits per heavy atom. The third-order valence-electron chi connectivity index (χ3n) is 2.30. The van der Waals surface area contributed by atoms with Crippen molar-refractivity contribution in [2.75, 3.05) is 0 Å². The maximum atomic E-state index is 2.18. The van der Waals surface area contributed by atoms with E-state index >= 15 is 0 Å². The van der Waals surface area contributed by atoms with E-state index in [1.165, 1.54) is 22.3 Å². The molecule has 0 radical (unpaired) electrons. The molecule has 14 heavy (non-hydrogen) atoms. The first-order valence-electron chi connectivity index (χ1n) is 5.48. The van der Waals surface area contributed by atoms with Gasteiger partial charge in [0, 0.05) is 0 Å². The molecule has 0 fully saturated rings. The van der Waals surface area contributed by atoms with Crippen LogP contribution in [0.2, 0.25) is 0 Å². The molecule has 0 aliphatic carbocycles. The molecule has 82 valence electrons.